The molecule has 1 heterocycles. The minimum Gasteiger partial charge on any atom is -0.326 e. The van der Waals surface area contributed by atoms with E-state index in [-0.39, 0.29) is 5.91 Å². The Bertz CT molecular complexity index is 604. The molecule has 0 saturated heterocycles. The average molecular weight is 247 g/mol. The molecule has 0 saturated carbocycles. The molecular formula is C13H14FN3O. The molecule has 2 aromatic rings. The van der Waals surface area contributed by atoms with Gasteiger partial charge in [-0.25, -0.2) is 9.07 Å². The quantitative estimate of drug-likeness (QED) is 0.886. The largest absolute Gasteiger partial charge is 0.326 e. The van der Waals surface area contributed by atoms with Crippen molar-refractivity contribution in [3.63, 3.8) is 0 Å². The summed E-state index contributed by atoms with van der Waals surface area (Å²) in [7, 11) is 0. The number of carbonyl (C=O) groups is 1. The average Bonchev–Trinajstić information content (AvgIpc) is 2.57. The van der Waals surface area contributed by atoms with Crippen molar-refractivity contribution < 1.29 is 9.18 Å². The predicted octanol–water partition coefficient (Wildman–Crippen LogP) is 2.59. The molecule has 0 fully saturated rings. The summed E-state index contributed by atoms with van der Waals surface area (Å²) >= 11 is 0. The lowest BCUT2D eigenvalue weighted by molar-refractivity contribution is -0.114. The molecule has 0 aliphatic rings. The number of anilines is 1. The van der Waals surface area contributed by atoms with Crippen molar-refractivity contribution in [2.45, 2.75) is 20.8 Å². The summed E-state index contributed by atoms with van der Waals surface area (Å²) in [4.78, 5) is 10.9. The SMILES string of the molecule is CC(=O)Nc1ccc(-n2nc(C)cc2C)c(F)c1. The number of halogens is 1. The van der Waals surface area contributed by atoms with Crippen LogP contribution >= 0.6 is 0 Å². The molecule has 0 spiro atoms. The van der Waals surface area contributed by atoms with Crippen molar-refractivity contribution in [1.82, 2.24) is 9.78 Å². The highest BCUT2D eigenvalue weighted by Gasteiger charge is 2.10. The maximum Gasteiger partial charge on any atom is 0.221 e. The Balaban J connectivity index is 2.41. The highest BCUT2D eigenvalue weighted by molar-refractivity contribution is 5.88. The van der Waals surface area contributed by atoms with Crippen LogP contribution in [0.3, 0.4) is 0 Å². The molecule has 1 aromatic carbocycles. The Morgan fingerprint density at radius 1 is 1.33 bits per heavy atom. The van der Waals surface area contributed by atoms with Crippen LogP contribution in [0, 0.1) is 19.7 Å². The van der Waals surface area contributed by atoms with Crippen LogP contribution in [0.5, 0.6) is 0 Å². The lowest BCUT2D eigenvalue weighted by Gasteiger charge is -2.08. The van der Waals surface area contributed by atoms with E-state index in [0.717, 1.165) is 11.4 Å². The van der Waals surface area contributed by atoms with E-state index < -0.39 is 5.82 Å². The number of aryl methyl sites for hydroxylation is 2. The van der Waals surface area contributed by atoms with Gasteiger partial charge in [0.1, 0.15) is 5.69 Å². The summed E-state index contributed by atoms with van der Waals surface area (Å²) in [5.74, 6) is -0.652. The van der Waals surface area contributed by atoms with E-state index in [4.69, 9.17) is 0 Å². The molecule has 5 heteroatoms. The maximum atomic E-state index is 14.0. The van der Waals surface area contributed by atoms with E-state index >= 15 is 0 Å². The first-order valence-corrected chi connectivity index (χ1v) is 5.58. The molecule has 0 aliphatic heterocycles. The molecule has 1 N–H and O–H groups in total. The normalized spacial score (nSPS) is 10.4. The topological polar surface area (TPSA) is 46.9 Å². The Morgan fingerprint density at radius 2 is 2.06 bits per heavy atom. The molecule has 0 atom stereocenters. The van der Waals surface area contributed by atoms with Crippen molar-refractivity contribution in [1.29, 1.82) is 0 Å². The second-order valence-electron chi connectivity index (χ2n) is 4.19. The third kappa shape index (κ3) is 2.40. The van der Waals surface area contributed by atoms with Crippen LogP contribution in [-0.2, 0) is 4.79 Å². The monoisotopic (exact) mass is 247 g/mol. The summed E-state index contributed by atoms with van der Waals surface area (Å²) in [5, 5.41) is 6.76. The molecule has 0 bridgehead atoms. The molecule has 0 radical (unpaired) electrons. The van der Waals surface area contributed by atoms with E-state index in [0.29, 0.717) is 11.4 Å². The van der Waals surface area contributed by atoms with Gasteiger partial charge in [0.25, 0.3) is 0 Å². The molecule has 2 rings (SSSR count). The summed E-state index contributed by atoms with van der Waals surface area (Å²) < 4.78 is 15.5. The number of nitrogens with one attached hydrogen (secondary N) is 1. The predicted molar refractivity (Wildman–Crippen MR) is 67.3 cm³/mol. The number of carbonyl (C=O) groups excluding carboxylic acids is 1. The van der Waals surface area contributed by atoms with Crippen LogP contribution in [0.1, 0.15) is 18.3 Å². The summed E-state index contributed by atoms with van der Waals surface area (Å²) in [6.45, 7) is 5.10. The van der Waals surface area contributed by atoms with Gasteiger partial charge in [0, 0.05) is 18.3 Å². The fraction of sp³-hybridized carbons (Fsp3) is 0.231. The van der Waals surface area contributed by atoms with Crippen molar-refractivity contribution in [2.24, 2.45) is 0 Å². The Morgan fingerprint density at radius 3 is 2.56 bits per heavy atom. The zero-order valence-electron chi connectivity index (χ0n) is 10.5. The maximum absolute atomic E-state index is 14.0. The Labute approximate surface area is 104 Å². The fourth-order valence-corrected chi connectivity index (χ4v) is 1.83. The van der Waals surface area contributed by atoms with Crippen molar-refractivity contribution in [3.05, 3.63) is 41.5 Å². The van der Waals surface area contributed by atoms with Crippen molar-refractivity contribution in [3.8, 4) is 5.69 Å². The second kappa shape index (κ2) is 4.60. The standard InChI is InChI=1S/C13H14FN3O/c1-8-6-9(2)17(16-8)13-5-4-11(7-12(13)14)15-10(3)18/h4-7H,1-3H3,(H,15,18). The number of amides is 1. The van der Waals surface area contributed by atoms with Gasteiger partial charge in [0.05, 0.1) is 5.69 Å². The third-order valence-electron chi connectivity index (χ3n) is 2.51. The number of aromatic nitrogens is 2. The van der Waals surface area contributed by atoms with Gasteiger partial charge in [-0.05, 0) is 38.1 Å². The minimum absolute atomic E-state index is 0.228. The zero-order chi connectivity index (χ0) is 13.3. The zero-order valence-corrected chi connectivity index (χ0v) is 10.5. The minimum atomic E-state index is -0.424. The number of nitrogens with zero attached hydrogens (tertiary/aromatic N) is 2. The van der Waals surface area contributed by atoms with Gasteiger partial charge in [-0.2, -0.15) is 5.10 Å². The first-order valence-electron chi connectivity index (χ1n) is 5.58. The van der Waals surface area contributed by atoms with Gasteiger partial charge in [-0.15, -0.1) is 0 Å². The van der Waals surface area contributed by atoms with Crippen molar-refractivity contribution in [2.75, 3.05) is 5.32 Å². The molecular weight excluding hydrogens is 233 g/mol. The van der Waals surface area contributed by atoms with Gasteiger partial charge in [0.2, 0.25) is 5.91 Å². The summed E-state index contributed by atoms with van der Waals surface area (Å²) in [6.07, 6.45) is 0. The molecule has 0 unspecified atom stereocenters. The first kappa shape index (κ1) is 12.3. The van der Waals surface area contributed by atoms with Crippen LogP contribution in [0.2, 0.25) is 0 Å². The number of hydrogen-bond donors (Lipinski definition) is 1. The molecule has 1 amide bonds. The van der Waals surface area contributed by atoms with Crippen LogP contribution in [0.15, 0.2) is 24.3 Å². The third-order valence-corrected chi connectivity index (χ3v) is 2.51. The number of rotatable bonds is 2. The highest BCUT2D eigenvalue weighted by Crippen LogP contribution is 2.19. The smallest absolute Gasteiger partial charge is 0.221 e. The van der Waals surface area contributed by atoms with E-state index in [2.05, 4.69) is 10.4 Å². The van der Waals surface area contributed by atoms with E-state index in [1.807, 2.05) is 19.9 Å². The van der Waals surface area contributed by atoms with Crippen molar-refractivity contribution >= 4 is 11.6 Å². The van der Waals surface area contributed by atoms with Crippen LogP contribution in [-0.4, -0.2) is 15.7 Å². The van der Waals surface area contributed by atoms with Gasteiger partial charge >= 0.3 is 0 Å². The lowest BCUT2D eigenvalue weighted by atomic mass is 10.2. The fourth-order valence-electron chi connectivity index (χ4n) is 1.83. The first-order chi connectivity index (χ1) is 8.47. The molecule has 4 nitrogen and oxygen atoms in total. The number of benzene rings is 1. The summed E-state index contributed by atoms with van der Waals surface area (Å²) in [5.41, 5.74) is 2.50. The molecule has 1 aromatic heterocycles. The molecule has 18 heavy (non-hydrogen) atoms. The van der Waals surface area contributed by atoms with Crippen LogP contribution in [0.4, 0.5) is 10.1 Å². The highest BCUT2D eigenvalue weighted by atomic mass is 19.1. The lowest BCUT2D eigenvalue weighted by Crippen LogP contribution is -2.07. The van der Waals surface area contributed by atoms with Crippen LogP contribution < -0.4 is 5.32 Å². The van der Waals surface area contributed by atoms with Crippen LogP contribution in [0.25, 0.3) is 5.69 Å². The summed E-state index contributed by atoms with van der Waals surface area (Å²) in [6, 6.07) is 6.41. The van der Waals surface area contributed by atoms with Gasteiger partial charge in [-0.3, -0.25) is 4.79 Å². The van der Waals surface area contributed by atoms with Gasteiger partial charge in [0.15, 0.2) is 5.82 Å². The van der Waals surface area contributed by atoms with E-state index in [9.17, 15) is 9.18 Å². The van der Waals surface area contributed by atoms with Gasteiger partial charge in [-0.1, -0.05) is 0 Å². The second-order valence-corrected chi connectivity index (χ2v) is 4.19. The van der Waals surface area contributed by atoms with Gasteiger partial charge < -0.3 is 5.32 Å². The Kier molecular flexibility index (Phi) is 3.14. The Hall–Kier alpha value is -2.17. The molecule has 94 valence electrons. The number of hydrogen-bond acceptors (Lipinski definition) is 2. The van der Waals surface area contributed by atoms with E-state index in [1.165, 1.54) is 13.0 Å². The van der Waals surface area contributed by atoms with E-state index in [1.54, 1.807) is 16.8 Å². The molecule has 0 aliphatic carbocycles.